The van der Waals surface area contributed by atoms with E-state index in [1.54, 1.807) is 0 Å². The standard InChI is InChI=1S/C22H34N6O.HI/c1-6-23-21(26-19-11-8-13-28-20(19)25-16(2)27-28)24-12-14-29-18-10-7-9-17(15-18)22(3,4)5;/h7,9-10,15,19H,6,8,11-14H2,1-5H3,(H2,23,24,26);1H. The Morgan fingerprint density at radius 3 is 2.87 bits per heavy atom. The van der Waals surface area contributed by atoms with Gasteiger partial charge in [0.05, 0.1) is 12.6 Å². The predicted octanol–water partition coefficient (Wildman–Crippen LogP) is 3.97. The molecule has 1 unspecified atom stereocenters. The van der Waals surface area contributed by atoms with Gasteiger partial charge in [0.2, 0.25) is 0 Å². The number of halogens is 1. The zero-order valence-corrected chi connectivity index (χ0v) is 21.1. The van der Waals surface area contributed by atoms with Crippen LogP contribution in [0, 0.1) is 6.92 Å². The number of aliphatic imine (C=N–C) groups is 1. The Balaban J connectivity index is 0.00000320. The topological polar surface area (TPSA) is 76.4 Å². The van der Waals surface area contributed by atoms with Gasteiger partial charge in [0.1, 0.15) is 24.0 Å². The minimum Gasteiger partial charge on any atom is -0.492 e. The third-order valence-corrected chi connectivity index (χ3v) is 4.97. The summed E-state index contributed by atoms with van der Waals surface area (Å²) in [4.78, 5) is 9.28. The molecule has 3 rings (SSSR count). The summed E-state index contributed by atoms with van der Waals surface area (Å²) >= 11 is 0. The van der Waals surface area contributed by atoms with E-state index in [1.807, 2.05) is 23.7 Å². The van der Waals surface area contributed by atoms with Gasteiger partial charge in [-0.2, -0.15) is 5.10 Å². The average Bonchev–Trinajstić information content (AvgIpc) is 3.06. The molecule has 2 N–H and O–H groups in total. The molecular weight excluding hydrogens is 491 g/mol. The van der Waals surface area contributed by atoms with Crippen LogP contribution in [0.4, 0.5) is 0 Å². The third kappa shape index (κ3) is 6.58. The molecule has 7 nitrogen and oxygen atoms in total. The zero-order chi connectivity index (χ0) is 20.9. The number of rotatable bonds is 6. The van der Waals surface area contributed by atoms with Crippen molar-refractivity contribution in [2.45, 2.75) is 65.5 Å². The summed E-state index contributed by atoms with van der Waals surface area (Å²) in [6, 6.07) is 8.44. The van der Waals surface area contributed by atoms with Crippen LogP contribution in [0.25, 0.3) is 0 Å². The predicted molar refractivity (Wildman–Crippen MR) is 132 cm³/mol. The summed E-state index contributed by atoms with van der Waals surface area (Å²) in [6.07, 6.45) is 2.11. The van der Waals surface area contributed by atoms with Crippen LogP contribution >= 0.6 is 24.0 Å². The smallest absolute Gasteiger partial charge is 0.191 e. The molecule has 1 atom stereocenters. The molecule has 166 valence electrons. The van der Waals surface area contributed by atoms with E-state index in [2.05, 4.69) is 65.5 Å². The molecule has 2 aromatic rings. The number of nitrogens with zero attached hydrogens (tertiary/aromatic N) is 4. The molecule has 1 aliphatic rings. The second-order valence-corrected chi connectivity index (χ2v) is 8.47. The lowest BCUT2D eigenvalue weighted by atomic mass is 9.87. The SMILES string of the molecule is CCNC(=NCCOc1cccc(C(C)(C)C)c1)NC1CCCn2nc(C)nc21.I. The molecule has 1 aliphatic heterocycles. The van der Waals surface area contributed by atoms with Gasteiger partial charge in [-0.15, -0.1) is 24.0 Å². The molecule has 1 aromatic carbocycles. The van der Waals surface area contributed by atoms with Gasteiger partial charge < -0.3 is 15.4 Å². The molecule has 0 fully saturated rings. The summed E-state index contributed by atoms with van der Waals surface area (Å²) < 4.78 is 7.94. The fraction of sp³-hybridized carbons (Fsp3) is 0.591. The molecule has 0 spiro atoms. The van der Waals surface area contributed by atoms with Crippen LogP contribution in [0.2, 0.25) is 0 Å². The van der Waals surface area contributed by atoms with Gasteiger partial charge in [0.25, 0.3) is 0 Å². The second-order valence-electron chi connectivity index (χ2n) is 8.47. The van der Waals surface area contributed by atoms with Gasteiger partial charge in [0, 0.05) is 13.1 Å². The monoisotopic (exact) mass is 526 g/mol. The largest absolute Gasteiger partial charge is 0.492 e. The highest BCUT2D eigenvalue weighted by molar-refractivity contribution is 14.0. The lowest BCUT2D eigenvalue weighted by Crippen LogP contribution is -2.41. The van der Waals surface area contributed by atoms with Crippen molar-refractivity contribution in [1.82, 2.24) is 25.4 Å². The van der Waals surface area contributed by atoms with Crippen molar-refractivity contribution in [2.24, 2.45) is 4.99 Å². The molecule has 8 heteroatoms. The Hall–Kier alpha value is -1.84. The summed E-state index contributed by atoms with van der Waals surface area (Å²) in [7, 11) is 0. The number of guanidine groups is 1. The highest BCUT2D eigenvalue weighted by Gasteiger charge is 2.24. The number of nitrogens with one attached hydrogen (secondary N) is 2. The molecule has 0 saturated heterocycles. The van der Waals surface area contributed by atoms with Gasteiger partial charge in [-0.05, 0) is 49.8 Å². The average molecular weight is 526 g/mol. The normalized spacial score (nSPS) is 16.4. The number of ether oxygens (including phenoxy) is 1. The van der Waals surface area contributed by atoms with Gasteiger partial charge in [0.15, 0.2) is 5.96 Å². The minimum absolute atomic E-state index is 0. The van der Waals surface area contributed by atoms with Crippen LogP contribution < -0.4 is 15.4 Å². The first-order valence-electron chi connectivity index (χ1n) is 10.6. The van der Waals surface area contributed by atoms with E-state index in [0.717, 1.165) is 49.3 Å². The van der Waals surface area contributed by atoms with E-state index in [0.29, 0.717) is 13.2 Å². The Morgan fingerprint density at radius 2 is 2.13 bits per heavy atom. The first-order chi connectivity index (χ1) is 13.9. The Labute approximate surface area is 197 Å². The van der Waals surface area contributed by atoms with Crippen molar-refractivity contribution in [3.05, 3.63) is 41.5 Å². The first-order valence-corrected chi connectivity index (χ1v) is 10.6. The van der Waals surface area contributed by atoms with Crippen LogP contribution in [0.3, 0.4) is 0 Å². The molecule has 0 saturated carbocycles. The van der Waals surface area contributed by atoms with Crippen LogP contribution in [0.5, 0.6) is 5.75 Å². The van der Waals surface area contributed by atoms with Crippen LogP contribution in [0.1, 0.15) is 63.8 Å². The maximum atomic E-state index is 5.93. The number of benzene rings is 1. The maximum absolute atomic E-state index is 5.93. The number of aromatic nitrogens is 3. The van der Waals surface area contributed by atoms with Crippen molar-refractivity contribution in [2.75, 3.05) is 19.7 Å². The third-order valence-electron chi connectivity index (χ3n) is 4.97. The molecular formula is C22H35IN6O. The van der Waals surface area contributed by atoms with E-state index in [-0.39, 0.29) is 35.4 Å². The van der Waals surface area contributed by atoms with Crippen molar-refractivity contribution in [1.29, 1.82) is 0 Å². The number of hydrogen-bond acceptors (Lipinski definition) is 4. The highest BCUT2D eigenvalue weighted by atomic mass is 127. The zero-order valence-electron chi connectivity index (χ0n) is 18.7. The Bertz CT molecular complexity index is 842. The fourth-order valence-electron chi connectivity index (χ4n) is 3.46. The van der Waals surface area contributed by atoms with Gasteiger partial charge in [-0.1, -0.05) is 32.9 Å². The summed E-state index contributed by atoms with van der Waals surface area (Å²) in [5.41, 5.74) is 1.38. The quantitative estimate of drug-likeness (QED) is 0.258. The van der Waals surface area contributed by atoms with E-state index >= 15 is 0 Å². The molecule has 2 heterocycles. The molecule has 30 heavy (non-hydrogen) atoms. The molecule has 1 aromatic heterocycles. The molecule has 0 aliphatic carbocycles. The summed E-state index contributed by atoms with van der Waals surface area (Å²) in [5, 5.41) is 11.3. The molecule has 0 radical (unpaired) electrons. The summed E-state index contributed by atoms with van der Waals surface area (Å²) in [5.74, 6) is 3.50. The number of hydrogen-bond donors (Lipinski definition) is 2. The van der Waals surface area contributed by atoms with E-state index in [4.69, 9.17) is 4.74 Å². The van der Waals surface area contributed by atoms with Gasteiger partial charge >= 0.3 is 0 Å². The Kier molecular flexibility index (Phi) is 8.93. The van der Waals surface area contributed by atoms with Crippen LogP contribution in [-0.2, 0) is 12.0 Å². The van der Waals surface area contributed by atoms with E-state index in [9.17, 15) is 0 Å². The van der Waals surface area contributed by atoms with Gasteiger partial charge in [-0.3, -0.25) is 0 Å². The van der Waals surface area contributed by atoms with Crippen molar-refractivity contribution >= 4 is 29.9 Å². The Morgan fingerprint density at radius 1 is 1.33 bits per heavy atom. The van der Waals surface area contributed by atoms with Crippen molar-refractivity contribution < 1.29 is 4.74 Å². The lowest BCUT2D eigenvalue weighted by molar-refractivity contribution is 0.327. The van der Waals surface area contributed by atoms with E-state index < -0.39 is 0 Å². The maximum Gasteiger partial charge on any atom is 0.191 e. The van der Waals surface area contributed by atoms with Crippen LogP contribution in [0.15, 0.2) is 29.3 Å². The summed E-state index contributed by atoms with van der Waals surface area (Å²) in [6.45, 7) is 13.5. The molecule has 0 bridgehead atoms. The van der Waals surface area contributed by atoms with Crippen molar-refractivity contribution in [3.8, 4) is 5.75 Å². The van der Waals surface area contributed by atoms with Gasteiger partial charge in [-0.25, -0.2) is 14.7 Å². The second kappa shape index (κ2) is 11.0. The van der Waals surface area contributed by atoms with Crippen molar-refractivity contribution in [3.63, 3.8) is 0 Å². The minimum atomic E-state index is 0. The van der Waals surface area contributed by atoms with E-state index in [1.165, 1.54) is 5.56 Å². The molecule has 0 amide bonds. The lowest BCUT2D eigenvalue weighted by Gasteiger charge is -2.25. The number of aryl methyl sites for hydroxylation is 2. The van der Waals surface area contributed by atoms with Crippen LogP contribution in [-0.4, -0.2) is 40.4 Å². The highest BCUT2D eigenvalue weighted by Crippen LogP contribution is 2.25. The number of fused-ring (bicyclic) bond motifs is 1. The fourth-order valence-corrected chi connectivity index (χ4v) is 3.46. The first kappa shape index (κ1) is 24.4.